The molecule has 0 bridgehead atoms. The molecule has 1 atom stereocenters. The third-order valence-corrected chi connectivity index (χ3v) is 4.32. The van der Waals surface area contributed by atoms with E-state index in [-0.39, 0.29) is 5.91 Å². The molecule has 146 valence electrons. The van der Waals surface area contributed by atoms with E-state index in [1.54, 1.807) is 32.4 Å². The van der Waals surface area contributed by atoms with Crippen LogP contribution in [0.15, 0.2) is 59.0 Å². The Morgan fingerprint density at radius 2 is 1.93 bits per heavy atom. The molecule has 2 aromatic carbocycles. The molecule has 6 heteroatoms. The van der Waals surface area contributed by atoms with Crippen LogP contribution in [0.25, 0.3) is 17.0 Å². The molecule has 28 heavy (non-hydrogen) atoms. The van der Waals surface area contributed by atoms with E-state index in [1.165, 1.54) is 6.08 Å². The summed E-state index contributed by atoms with van der Waals surface area (Å²) in [6.07, 6.45) is 2.71. The second-order valence-corrected chi connectivity index (χ2v) is 6.23. The molecular weight excluding hydrogens is 358 g/mol. The van der Waals surface area contributed by atoms with Gasteiger partial charge in [0, 0.05) is 18.0 Å². The number of furan rings is 1. The van der Waals surface area contributed by atoms with Crippen LogP contribution < -0.4 is 14.8 Å². The van der Waals surface area contributed by atoms with Gasteiger partial charge in [-0.25, -0.2) is 0 Å². The molecule has 0 fully saturated rings. The maximum atomic E-state index is 12.0. The Labute approximate surface area is 163 Å². The van der Waals surface area contributed by atoms with E-state index in [2.05, 4.69) is 5.32 Å². The maximum Gasteiger partial charge on any atom is 0.244 e. The van der Waals surface area contributed by atoms with Crippen LogP contribution in [0.1, 0.15) is 23.8 Å². The lowest BCUT2D eigenvalue weighted by molar-refractivity contribution is -0.116. The summed E-state index contributed by atoms with van der Waals surface area (Å²) < 4.78 is 16.1. The minimum atomic E-state index is -0.775. The fraction of sp³-hybridized carbons (Fsp3) is 0.227. The Hall–Kier alpha value is -3.25. The number of benzene rings is 2. The van der Waals surface area contributed by atoms with Crippen LogP contribution in [-0.4, -0.2) is 31.8 Å². The number of para-hydroxylation sites is 1. The Morgan fingerprint density at radius 3 is 2.68 bits per heavy atom. The zero-order valence-corrected chi connectivity index (χ0v) is 15.8. The van der Waals surface area contributed by atoms with Crippen LogP contribution in [0.2, 0.25) is 0 Å². The molecule has 0 aliphatic heterocycles. The fourth-order valence-electron chi connectivity index (χ4n) is 2.83. The van der Waals surface area contributed by atoms with Gasteiger partial charge in [0.2, 0.25) is 5.91 Å². The summed E-state index contributed by atoms with van der Waals surface area (Å²) in [6, 6.07) is 14.8. The van der Waals surface area contributed by atoms with Crippen molar-refractivity contribution in [2.24, 2.45) is 0 Å². The molecule has 0 aliphatic carbocycles. The largest absolute Gasteiger partial charge is 0.493 e. The first-order chi connectivity index (χ1) is 13.6. The highest BCUT2D eigenvalue weighted by Crippen LogP contribution is 2.28. The maximum absolute atomic E-state index is 12.0. The molecule has 6 nitrogen and oxygen atoms in total. The zero-order valence-electron chi connectivity index (χ0n) is 15.8. The van der Waals surface area contributed by atoms with Gasteiger partial charge < -0.3 is 24.3 Å². The summed E-state index contributed by atoms with van der Waals surface area (Å²) in [7, 11) is 3.13. The van der Waals surface area contributed by atoms with E-state index in [9.17, 15) is 9.90 Å². The first kappa shape index (κ1) is 19.5. The van der Waals surface area contributed by atoms with E-state index in [0.717, 1.165) is 16.5 Å². The number of hydrogen-bond acceptors (Lipinski definition) is 5. The molecule has 1 aromatic heterocycles. The van der Waals surface area contributed by atoms with E-state index in [1.807, 2.05) is 36.4 Å². The minimum absolute atomic E-state index is 0.244. The number of nitrogens with one attached hydrogen (secondary N) is 1. The second kappa shape index (κ2) is 9.10. The SMILES string of the molecule is COc1ccc(/C=C/C(=O)NCCC(O)c2cc3ccccc3o2)cc1OC. The van der Waals surface area contributed by atoms with Crippen LogP contribution in [0.5, 0.6) is 11.5 Å². The van der Waals surface area contributed by atoms with Gasteiger partial charge in [0.25, 0.3) is 0 Å². The highest BCUT2D eigenvalue weighted by atomic mass is 16.5. The molecule has 1 amide bonds. The van der Waals surface area contributed by atoms with E-state index >= 15 is 0 Å². The van der Waals surface area contributed by atoms with Crippen LogP contribution in [0.4, 0.5) is 0 Å². The van der Waals surface area contributed by atoms with Crippen molar-refractivity contribution in [2.45, 2.75) is 12.5 Å². The molecule has 0 saturated carbocycles. The summed E-state index contributed by atoms with van der Waals surface area (Å²) in [5.41, 5.74) is 1.55. The third kappa shape index (κ3) is 4.72. The number of rotatable bonds is 8. The molecule has 1 unspecified atom stereocenters. The topological polar surface area (TPSA) is 80.9 Å². The highest BCUT2D eigenvalue weighted by Gasteiger charge is 2.13. The summed E-state index contributed by atoms with van der Waals surface area (Å²) >= 11 is 0. The van der Waals surface area contributed by atoms with Crippen LogP contribution >= 0.6 is 0 Å². The normalized spacial score (nSPS) is 12.2. The molecule has 2 N–H and O–H groups in total. The number of hydrogen-bond donors (Lipinski definition) is 2. The Balaban J connectivity index is 1.50. The quantitative estimate of drug-likeness (QED) is 0.582. The summed E-state index contributed by atoms with van der Waals surface area (Å²) in [5, 5.41) is 14.0. The van der Waals surface area contributed by atoms with Gasteiger partial charge in [-0.1, -0.05) is 24.3 Å². The van der Waals surface area contributed by atoms with Gasteiger partial charge in [0.1, 0.15) is 17.4 Å². The summed E-state index contributed by atoms with van der Waals surface area (Å²) in [5.74, 6) is 1.48. The first-order valence-corrected chi connectivity index (χ1v) is 8.95. The lowest BCUT2D eigenvalue weighted by Gasteiger charge is -2.08. The molecule has 0 saturated heterocycles. The van der Waals surface area contributed by atoms with Crippen molar-refractivity contribution in [3.63, 3.8) is 0 Å². The van der Waals surface area contributed by atoms with Gasteiger partial charge >= 0.3 is 0 Å². The van der Waals surface area contributed by atoms with E-state index in [0.29, 0.717) is 30.2 Å². The number of carbonyl (C=O) groups excluding carboxylic acids is 1. The number of fused-ring (bicyclic) bond motifs is 1. The number of methoxy groups -OCH3 is 2. The molecule has 1 heterocycles. The Kier molecular flexibility index (Phi) is 6.34. The summed E-state index contributed by atoms with van der Waals surface area (Å²) in [6.45, 7) is 0.327. The van der Waals surface area contributed by atoms with Crippen molar-refractivity contribution < 1.29 is 23.8 Å². The highest BCUT2D eigenvalue weighted by molar-refractivity contribution is 5.91. The van der Waals surface area contributed by atoms with E-state index < -0.39 is 6.10 Å². The predicted molar refractivity (Wildman–Crippen MR) is 107 cm³/mol. The predicted octanol–water partition coefficient (Wildman–Crippen LogP) is 3.70. The first-order valence-electron chi connectivity index (χ1n) is 8.95. The Bertz CT molecular complexity index is 943. The number of carbonyl (C=O) groups is 1. The molecule has 3 rings (SSSR count). The standard InChI is InChI=1S/C22H23NO5/c1-26-19-9-7-15(13-21(19)27-2)8-10-22(25)23-12-11-17(24)20-14-16-5-3-4-6-18(16)28-20/h3-10,13-14,17,24H,11-12H2,1-2H3,(H,23,25)/b10-8+. The number of ether oxygens (including phenoxy) is 2. The fourth-order valence-corrected chi connectivity index (χ4v) is 2.83. The number of amides is 1. The molecular formula is C22H23NO5. The lowest BCUT2D eigenvalue weighted by Crippen LogP contribution is -2.23. The third-order valence-electron chi connectivity index (χ3n) is 4.32. The monoisotopic (exact) mass is 381 g/mol. The van der Waals surface area contributed by atoms with Crippen LogP contribution in [-0.2, 0) is 4.79 Å². The number of aliphatic hydroxyl groups is 1. The minimum Gasteiger partial charge on any atom is -0.493 e. The smallest absolute Gasteiger partial charge is 0.244 e. The molecule has 3 aromatic rings. The lowest BCUT2D eigenvalue weighted by atomic mass is 10.1. The average molecular weight is 381 g/mol. The zero-order chi connectivity index (χ0) is 19.9. The molecule has 0 spiro atoms. The van der Waals surface area contributed by atoms with Gasteiger partial charge in [-0.15, -0.1) is 0 Å². The van der Waals surface area contributed by atoms with Crippen molar-refractivity contribution in [2.75, 3.05) is 20.8 Å². The van der Waals surface area contributed by atoms with Crippen LogP contribution in [0.3, 0.4) is 0 Å². The van der Waals surface area contributed by atoms with Gasteiger partial charge in [-0.2, -0.15) is 0 Å². The van der Waals surface area contributed by atoms with Crippen molar-refractivity contribution >= 4 is 23.0 Å². The average Bonchev–Trinajstić information content (AvgIpc) is 3.16. The summed E-state index contributed by atoms with van der Waals surface area (Å²) in [4.78, 5) is 12.0. The van der Waals surface area contributed by atoms with Crippen LogP contribution in [0, 0.1) is 0 Å². The Morgan fingerprint density at radius 1 is 1.14 bits per heavy atom. The molecule has 0 radical (unpaired) electrons. The van der Waals surface area contributed by atoms with E-state index in [4.69, 9.17) is 13.9 Å². The molecule has 0 aliphatic rings. The van der Waals surface area contributed by atoms with Gasteiger partial charge in [0.15, 0.2) is 11.5 Å². The van der Waals surface area contributed by atoms with Crippen molar-refractivity contribution in [1.29, 1.82) is 0 Å². The van der Waals surface area contributed by atoms with Crippen molar-refractivity contribution in [3.8, 4) is 11.5 Å². The van der Waals surface area contributed by atoms with Gasteiger partial charge in [0.05, 0.1) is 14.2 Å². The van der Waals surface area contributed by atoms with Gasteiger partial charge in [-0.3, -0.25) is 4.79 Å². The number of aliphatic hydroxyl groups excluding tert-OH is 1. The van der Waals surface area contributed by atoms with Crippen molar-refractivity contribution in [1.82, 2.24) is 5.32 Å². The van der Waals surface area contributed by atoms with Gasteiger partial charge in [-0.05, 0) is 42.3 Å². The van der Waals surface area contributed by atoms with Crippen molar-refractivity contribution in [3.05, 3.63) is 65.9 Å². The second-order valence-electron chi connectivity index (χ2n) is 6.23.